The number of nitrogens with one attached hydrogen (secondary N) is 1. The van der Waals surface area contributed by atoms with Crippen molar-refractivity contribution in [1.29, 1.82) is 0 Å². The molecule has 1 unspecified atom stereocenters. The molecular formula is C9H15N3O2S. The molecule has 0 amide bonds. The molecular weight excluding hydrogens is 214 g/mol. The van der Waals surface area contributed by atoms with Crippen LogP contribution in [0.1, 0.15) is 26.6 Å². The fraction of sp³-hybridized carbons (Fsp3) is 0.667. The highest BCUT2D eigenvalue weighted by Gasteiger charge is 2.15. The molecule has 1 aromatic rings. The first-order valence-corrected chi connectivity index (χ1v) is 5.67. The van der Waals surface area contributed by atoms with Crippen molar-refractivity contribution in [3.05, 3.63) is 5.82 Å². The van der Waals surface area contributed by atoms with Crippen LogP contribution in [-0.2, 0) is 11.2 Å². The van der Waals surface area contributed by atoms with E-state index in [0.29, 0.717) is 11.1 Å². The number of carbonyl (C=O) groups is 1. The Morgan fingerprint density at radius 3 is 2.73 bits per heavy atom. The van der Waals surface area contributed by atoms with Crippen molar-refractivity contribution in [1.82, 2.24) is 15.2 Å². The van der Waals surface area contributed by atoms with Crippen LogP contribution in [-0.4, -0.2) is 31.5 Å². The SMILES string of the molecule is CC(C)Cc1nc(SC(C)C(=O)O)n[nH]1. The maximum atomic E-state index is 10.6. The summed E-state index contributed by atoms with van der Waals surface area (Å²) >= 11 is 1.15. The standard InChI is InChI=1S/C9H15N3O2S/c1-5(2)4-7-10-9(12-11-7)15-6(3)8(13)14/h5-6H,4H2,1-3H3,(H,13,14)(H,10,11,12). The molecule has 0 aliphatic rings. The minimum Gasteiger partial charge on any atom is -0.480 e. The Bertz CT molecular complexity index is 338. The van der Waals surface area contributed by atoms with Crippen molar-refractivity contribution < 1.29 is 9.90 Å². The van der Waals surface area contributed by atoms with E-state index in [1.807, 2.05) is 0 Å². The van der Waals surface area contributed by atoms with E-state index in [2.05, 4.69) is 29.0 Å². The number of aromatic nitrogens is 3. The topological polar surface area (TPSA) is 78.9 Å². The fourth-order valence-corrected chi connectivity index (χ4v) is 1.70. The molecule has 1 aromatic heterocycles. The summed E-state index contributed by atoms with van der Waals surface area (Å²) < 4.78 is 0. The van der Waals surface area contributed by atoms with Crippen LogP contribution < -0.4 is 0 Å². The van der Waals surface area contributed by atoms with Gasteiger partial charge in [0.1, 0.15) is 11.1 Å². The van der Waals surface area contributed by atoms with Crippen molar-refractivity contribution in [2.75, 3.05) is 0 Å². The molecule has 15 heavy (non-hydrogen) atoms. The predicted molar refractivity (Wildman–Crippen MR) is 57.9 cm³/mol. The molecule has 0 aliphatic carbocycles. The highest BCUT2D eigenvalue weighted by molar-refractivity contribution is 8.00. The Morgan fingerprint density at radius 1 is 1.53 bits per heavy atom. The van der Waals surface area contributed by atoms with E-state index in [4.69, 9.17) is 5.11 Å². The summed E-state index contributed by atoms with van der Waals surface area (Å²) in [6, 6.07) is 0. The Labute approximate surface area is 92.7 Å². The van der Waals surface area contributed by atoms with Crippen LogP contribution in [0.3, 0.4) is 0 Å². The van der Waals surface area contributed by atoms with Crippen LogP contribution in [0.5, 0.6) is 0 Å². The van der Waals surface area contributed by atoms with E-state index in [0.717, 1.165) is 24.0 Å². The molecule has 0 aliphatic heterocycles. The maximum Gasteiger partial charge on any atom is 0.316 e. The number of aromatic amines is 1. The zero-order valence-electron chi connectivity index (χ0n) is 9.02. The summed E-state index contributed by atoms with van der Waals surface area (Å²) in [5.74, 6) is 0.466. The fourth-order valence-electron chi connectivity index (χ4n) is 1.02. The molecule has 0 saturated heterocycles. The number of carboxylic acids is 1. The molecule has 0 aromatic carbocycles. The van der Waals surface area contributed by atoms with Crippen molar-refractivity contribution >= 4 is 17.7 Å². The minimum atomic E-state index is -0.852. The molecule has 1 rings (SSSR count). The molecule has 6 heteroatoms. The summed E-state index contributed by atoms with van der Waals surface area (Å²) in [6.45, 7) is 5.80. The van der Waals surface area contributed by atoms with Crippen LogP contribution in [0.2, 0.25) is 0 Å². The third kappa shape index (κ3) is 3.91. The number of hydrogen-bond donors (Lipinski definition) is 2. The highest BCUT2D eigenvalue weighted by atomic mass is 32.2. The van der Waals surface area contributed by atoms with E-state index in [1.165, 1.54) is 0 Å². The van der Waals surface area contributed by atoms with Crippen LogP contribution in [0.25, 0.3) is 0 Å². The Kier molecular flexibility index (Phi) is 4.14. The quantitative estimate of drug-likeness (QED) is 0.749. The second-order valence-corrected chi connectivity index (χ2v) is 5.07. The van der Waals surface area contributed by atoms with Gasteiger partial charge in [0.15, 0.2) is 0 Å². The van der Waals surface area contributed by atoms with E-state index in [-0.39, 0.29) is 0 Å². The van der Waals surface area contributed by atoms with Crippen molar-refractivity contribution in [2.45, 2.75) is 37.6 Å². The molecule has 1 heterocycles. The molecule has 2 N–H and O–H groups in total. The number of H-pyrrole nitrogens is 1. The van der Waals surface area contributed by atoms with Crippen LogP contribution in [0.4, 0.5) is 0 Å². The average molecular weight is 229 g/mol. The van der Waals surface area contributed by atoms with Gasteiger partial charge >= 0.3 is 5.97 Å². The summed E-state index contributed by atoms with van der Waals surface area (Å²) in [4.78, 5) is 14.8. The summed E-state index contributed by atoms with van der Waals surface area (Å²) in [7, 11) is 0. The number of thioether (sulfide) groups is 1. The van der Waals surface area contributed by atoms with Gasteiger partial charge in [0, 0.05) is 6.42 Å². The lowest BCUT2D eigenvalue weighted by Crippen LogP contribution is -2.11. The van der Waals surface area contributed by atoms with Crippen LogP contribution in [0.15, 0.2) is 5.16 Å². The third-order valence-electron chi connectivity index (χ3n) is 1.74. The molecule has 5 nitrogen and oxygen atoms in total. The van der Waals surface area contributed by atoms with Crippen LogP contribution >= 0.6 is 11.8 Å². The first-order chi connectivity index (χ1) is 6.99. The molecule has 0 bridgehead atoms. The van der Waals surface area contributed by atoms with Gasteiger partial charge in [-0.25, -0.2) is 4.98 Å². The van der Waals surface area contributed by atoms with Gasteiger partial charge in [-0.3, -0.25) is 9.89 Å². The number of rotatable bonds is 5. The zero-order chi connectivity index (χ0) is 11.4. The van der Waals surface area contributed by atoms with E-state index in [1.54, 1.807) is 6.92 Å². The lowest BCUT2D eigenvalue weighted by Gasteiger charge is -2.00. The van der Waals surface area contributed by atoms with Crippen molar-refractivity contribution in [3.63, 3.8) is 0 Å². The minimum absolute atomic E-state index is 0.501. The molecule has 0 radical (unpaired) electrons. The van der Waals surface area contributed by atoms with Gasteiger partial charge in [0.05, 0.1) is 0 Å². The normalized spacial score (nSPS) is 13.1. The number of hydrogen-bond acceptors (Lipinski definition) is 4. The van der Waals surface area contributed by atoms with E-state index in [9.17, 15) is 4.79 Å². The smallest absolute Gasteiger partial charge is 0.316 e. The monoisotopic (exact) mass is 229 g/mol. The van der Waals surface area contributed by atoms with Gasteiger partial charge in [-0.05, 0) is 12.8 Å². The van der Waals surface area contributed by atoms with Gasteiger partial charge in [-0.2, -0.15) is 0 Å². The van der Waals surface area contributed by atoms with E-state index < -0.39 is 11.2 Å². The second kappa shape index (κ2) is 5.16. The van der Waals surface area contributed by atoms with Crippen molar-refractivity contribution in [2.24, 2.45) is 5.92 Å². The average Bonchev–Trinajstić information content (AvgIpc) is 2.51. The number of nitrogens with zero attached hydrogens (tertiary/aromatic N) is 2. The summed E-state index contributed by atoms with van der Waals surface area (Å²) in [6.07, 6.45) is 0.828. The Hall–Kier alpha value is -1.04. The molecule has 84 valence electrons. The second-order valence-electron chi connectivity index (χ2n) is 3.76. The predicted octanol–water partition coefficient (Wildman–Crippen LogP) is 1.57. The van der Waals surface area contributed by atoms with Gasteiger partial charge in [-0.15, -0.1) is 5.10 Å². The summed E-state index contributed by atoms with van der Waals surface area (Å²) in [5, 5.41) is 15.5. The highest BCUT2D eigenvalue weighted by Crippen LogP contribution is 2.19. The van der Waals surface area contributed by atoms with Gasteiger partial charge in [0.2, 0.25) is 5.16 Å². The van der Waals surface area contributed by atoms with E-state index >= 15 is 0 Å². The number of aliphatic carboxylic acids is 1. The van der Waals surface area contributed by atoms with Gasteiger partial charge in [0.25, 0.3) is 0 Å². The zero-order valence-corrected chi connectivity index (χ0v) is 9.84. The number of carboxylic acid groups (broad SMARTS) is 1. The molecule has 1 atom stereocenters. The maximum absolute atomic E-state index is 10.6. The third-order valence-corrected chi connectivity index (χ3v) is 2.69. The Morgan fingerprint density at radius 2 is 2.20 bits per heavy atom. The molecule has 0 fully saturated rings. The lowest BCUT2D eigenvalue weighted by molar-refractivity contribution is -0.136. The molecule has 0 spiro atoms. The van der Waals surface area contributed by atoms with Crippen LogP contribution in [0, 0.1) is 5.92 Å². The first kappa shape index (κ1) is 12.0. The Balaban J connectivity index is 2.56. The summed E-state index contributed by atoms with van der Waals surface area (Å²) in [5.41, 5.74) is 0. The van der Waals surface area contributed by atoms with Gasteiger partial charge < -0.3 is 5.11 Å². The largest absolute Gasteiger partial charge is 0.480 e. The lowest BCUT2D eigenvalue weighted by atomic mass is 10.1. The van der Waals surface area contributed by atoms with Crippen molar-refractivity contribution in [3.8, 4) is 0 Å². The van der Waals surface area contributed by atoms with Gasteiger partial charge in [-0.1, -0.05) is 25.6 Å². The molecule has 0 saturated carbocycles. The first-order valence-electron chi connectivity index (χ1n) is 4.79.